The first-order valence-electron chi connectivity index (χ1n) is 3.94. The van der Waals surface area contributed by atoms with Gasteiger partial charge in [-0.25, -0.2) is 0 Å². The maximum Gasteiger partial charge on any atom is 0.221 e. The first-order chi connectivity index (χ1) is 5.25. The third-order valence-corrected chi connectivity index (χ3v) is 2.30. The number of amides is 1. The molecule has 0 aromatic rings. The molecule has 3 nitrogen and oxygen atoms in total. The Kier molecular flexibility index (Phi) is 2.48. The first kappa shape index (κ1) is 8.06. The molecule has 0 aromatic heterocycles. The molecule has 0 saturated heterocycles. The van der Waals surface area contributed by atoms with Crippen LogP contribution in [0.2, 0.25) is 0 Å². The second-order valence-electron chi connectivity index (χ2n) is 3.03. The van der Waals surface area contributed by atoms with Crippen LogP contribution in [0.25, 0.3) is 0 Å². The van der Waals surface area contributed by atoms with Gasteiger partial charge in [0.1, 0.15) is 0 Å². The van der Waals surface area contributed by atoms with Crippen LogP contribution < -0.4 is 5.73 Å². The maximum absolute atomic E-state index is 10.8. The van der Waals surface area contributed by atoms with Crippen molar-refractivity contribution in [2.24, 2.45) is 17.6 Å². The normalized spacial score (nSPS) is 30.8. The van der Waals surface area contributed by atoms with Crippen LogP contribution in [0.15, 0.2) is 0 Å². The van der Waals surface area contributed by atoms with Crippen LogP contribution in [0.3, 0.4) is 0 Å². The van der Waals surface area contributed by atoms with Crippen molar-refractivity contribution in [1.29, 1.82) is 5.26 Å². The quantitative estimate of drug-likeness (QED) is 0.604. The molecule has 2 atom stereocenters. The molecule has 1 fully saturated rings. The summed E-state index contributed by atoms with van der Waals surface area (Å²) < 4.78 is 0. The molecular weight excluding hydrogens is 140 g/mol. The zero-order valence-corrected chi connectivity index (χ0v) is 6.42. The van der Waals surface area contributed by atoms with Crippen molar-refractivity contribution in [3.63, 3.8) is 0 Å². The third-order valence-electron chi connectivity index (χ3n) is 2.30. The molecule has 1 saturated carbocycles. The van der Waals surface area contributed by atoms with Crippen LogP contribution in [-0.4, -0.2) is 5.91 Å². The molecule has 0 spiro atoms. The number of hydrogen-bond acceptors (Lipinski definition) is 2. The largest absolute Gasteiger partial charge is 0.369 e. The smallest absolute Gasteiger partial charge is 0.221 e. The van der Waals surface area contributed by atoms with E-state index in [9.17, 15) is 4.79 Å². The van der Waals surface area contributed by atoms with E-state index in [1.165, 1.54) is 0 Å². The fourth-order valence-electron chi connectivity index (χ4n) is 1.63. The highest BCUT2D eigenvalue weighted by atomic mass is 16.1. The molecule has 0 heterocycles. The Morgan fingerprint density at radius 1 is 1.45 bits per heavy atom. The summed E-state index contributed by atoms with van der Waals surface area (Å²) in [6.07, 6.45) is 3.73. The zero-order valence-electron chi connectivity index (χ0n) is 6.42. The monoisotopic (exact) mass is 152 g/mol. The summed E-state index contributed by atoms with van der Waals surface area (Å²) in [7, 11) is 0. The van der Waals surface area contributed by atoms with Crippen molar-refractivity contribution >= 4 is 5.91 Å². The standard InChI is InChI=1S/C8H12N2O/c9-5-6-3-1-2-4-7(6)8(10)11/h6-7H,1-4H2,(H2,10,11). The van der Waals surface area contributed by atoms with Gasteiger partial charge in [-0.05, 0) is 12.8 Å². The Hall–Kier alpha value is -1.04. The topological polar surface area (TPSA) is 66.9 Å². The van der Waals surface area contributed by atoms with Crippen molar-refractivity contribution in [1.82, 2.24) is 0 Å². The Balaban J connectivity index is 2.60. The van der Waals surface area contributed by atoms with Gasteiger partial charge in [-0.1, -0.05) is 12.8 Å². The van der Waals surface area contributed by atoms with Crippen LogP contribution in [0.4, 0.5) is 0 Å². The fourth-order valence-corrected chi connectivity index (χ4v) is 1.63. The van der Waals surface area contributed by atoms with Crippen molar-refractivity contribution < 1.29 is 4.79 Å². The van der Waals surface area contributed by atoms with E-state index in [1.54, 1.807) is 0 Å². The summed E-state index contributed by atoms with van der Waals surface area (Å²) in [5, 5.41) is 8.65. The minimum atomic E-state index is -0.309. The number of nitrogens with two attached hydrogens (primary N) is 1. The van der Waals surface area contributed by atoms with E-state index in [2.05, 4.69) is 6.07 Å². The lowest BCUT2D eigenvalue weighted by Gasteiger charge is -2.23. The summed E-state index contributed by atoms with van der Waals surface area (Å²) in [5.74, 6) is -0.619. The lowest BCUT2D eigenvalue weighted by molar-refractivity contribution is -0.123. The van der Waals surface area contributed by atoms with Gasteiger partial charge in [0.25, 0.3) is 0 Å². The molecule has 0 aromatic carbocycles. The predicted molar refractivity (Wildman–Crippen MR) is 40.3 cm³/mol. The number of rotatable bonds is 1. The van der Waals surface area contributed by atoms with E-state index in [1.807, 2.05) is 0 Å². The zero-order chi connectivity index (χ0) is 8.27. The van der Waals surface area contributed by atoms with Crippen LogP contribution in [0, 0.1) is 23.2 Å². The lowest BCUT2D eigenvalue weighted by Crippen LogP contribution is -2.31. The number of nitrogens with zero attached hydrogens (tertiary/aromatic N) is 1. The summed E-state index contributed by atoms with van der Waals surface area (Å²) in [6, 6.07) is 2.13. The number of hydrogen-bond donors (Lipinski definition) is 1. The van der Waals surface area contributed by atoms with Crippen LogP contribution in [0.5, 0.6) is 0 Å². The van der Waals surface area contributed by atoms with Gasteiger partial charge < -0.3 is 5.73 Å². The van der Waals surface area contributed by atoms with Crippen LogP contribution >= 0.6 is 0 Å². The molecular formula is C8H12N2O. The van der Waals surface area contributed by atoms with Gasteiger partial charge >= 0.3 is 0 Å². The van der Waals surface area contributed by atoms with Gasteiger partial charge in [0.05, 0.1) is 17.9 Å². The van der Waals surface area contributed by atoms with E-state index >= 15 is 0 Å². The molecule has 11 heavy (non-hydrogen) atoms. The highest BCUT2D eigenvalue weighted by Gasteiger charge is 2.28. The minimum absolute atomic E-state index is 0.124. The van der Waals surface area contributed by atoms with E-state index in [0.717, 1.165) is 25.7 Å². The van der Waals surface area contributed by atoms with Crippen molar-refractivity contribution in [3.05, 3.63) is 0 Å². The van der Waals surface area contributed by atoms with E-state index in [0.29, 0.717) is 0 Å². The highest BCUT2D eigenvalue weighted by Crippen LogP contribution is 2.28. The third kappa shape index (κ3) is 1.70. The van der Waals surface area contributed by atoms with Gasteiger partial charge in [0.15, 0.2) is 0 Å². The van der Waals surface area contributed by atoms with Crippen LogP contribution in [0.1, 0.15) is 25.7 Å². The van der Waals surface area contributed by atoms with E-state index in [4.69, 9.17) is 11.0 Å². The van der Waals surface area contributed by atoms with E-state index < -0.39 is 0 Å². The molecule has 0 aliphatic heterocycles. The molecule has 1 aliphatic carbocycles. The van der Waals surface area contributed by atoms with Gasteiger partial charge in [0, 0.05) is 0 Å². The molecule has 60 valence electrons. The fraction of sp³-hybridized carbons (Fsp3) is 0.750. The van der Waals surface area contributed by atoms with E-state index in [-0.39, 0.29) is 17.7 Å². The molecule has 1 amide bonds. The van der Waals surface area contributed by atoms with Crippen molar-refractivity contribution in [2.75, 3.05) is 0 Å². The van der Waals surface area contributed by atoms with Gasteiger partial charge in [0.2, 0.25) is 5.91 Å². The number of nitriles is 1. The predicted octanol–water partition coefficient (Wildman–Crippen LogP) is 0.802. The molecule has 2 unspecified atom stereocenters. The second-order valence-corrected chi connectivity index (χ2v) is 3.03. The molecule has 0 bridgehead atoms. The van der Waals surface area contributed by atoms with Gasteiger partial charge in [-0.15, -0.1) is 0 Å². The Bertz CT molecular complexity index is 195. The average Bonchev–Trinajstić information content (AvgIpc) is 2.04. The Morgan fingerprint density at radius 3 is 2.55 bits per heavy atom. The highest BCUT2D eigenvalue weighted by molar-refractivity contribution is 5.77. The molecule has 3 heteroatoms. The molecule has 1 aliphatic rings. The average molecular weight is 152 g/mol. The lowest BCUT2D eigenvalue weighted by atomic mass is 9.80. The number of carbonyl (C=O) groups excluding carboxylic acids is 1. The maximum atomic E-state index is 10.8. The number of primary amides is 1. The van der Waals surface area contributed by atoms with Crippen LogP contribution in [-0.2, 0) is 4.79 Å². The molecule has 1 rings (SSSR count). The molecule has 2 N–H and O–H groups in total. The minimum Gasteiger partial charge on any atom is -0.369 e. The molecule has 0 radical (unpaired) electrons. The Labute approximate surface area is 66.2 Å². The SMILES string of the molecule is N#CC1CCCCC1C(N)=O. The summed E-state index contributed by atoms with van der Waals surface area (Å²) >= 11 is 0. The number of carbonyl (C=O) groups is 1. The van der Waals surface area contributed by atoms with Crippen molar-refractivity contribution in [2.45, 2.75) is 25.7 Å². The van der Waals surface area contributed by atoms with Gasteiger partial charge in [-0.3, -0.25) is 4.79 Å². The van der Waals surface area contributed by atoms with Gasteiger partial charge in [-0.2, -0.15) is 5.26 Å². The van der Waals surface area contributed by atoms with Crippen molar-refractivity contribution in [3.8, 4) is 6.07 Å². The summed E-state index contributed by atoms with van der Waals surface area (Å²) in [4.78, 5) is 10.8. The summed E-state index contributed by atoms with van der Waals surface area (Å²) in [6.45, 7) is 0. The second kappa shape index (κ2) is 3.38. The first-order valence-corrected chi connectivity index (χ1v) is 3.94. The Morgan fingerprint density at radius 2 is 2.09 bits per heavy atom. The summed E-state index contributed by atoms with van der Waals surface area (Å²) in [5.41, 5.74) is 5.14.